The van der Waals surface area contributed by atoms with E-state index in [1.54, 1.807) is 6.20 Å². The van der Waals surface area contributed by atoms with Gasteiger partial charge < -0.3 is 31.3 Å². The highest BCUT2D eigenvalue weighted by molar-refractivity contribution is 5.82. The number of rotatable bonds is 13. The van der Waals surface area contributed by atoms with Crippen molar-refractivity contribution in [2.45, 2.75) is 77.5 Å². The van der Waals surface area contributed by atoms with Crippen molar-refractivity contribution in [1.29, 1.82) is 0 Å². The summed E-state index contributed by atoms with van der Waals surface area (Å²) in [4.78, 5) is 13.1. The van der Waals surface area contributed by atoms with E-state index in [0.29, 0.717) is 31.9 Å². The Bertz CT molecular complexity index is 1240. The van der Waals surface area contributed by atoms with Crippen molar-refractivity contribution in [3.8, 4) is 5.75 Å². The van der Waals surface area contributed by atoms with Crippen molar-refractivity contribution in [2.75, 3.05) is 13.2 Å². The van der Waals surface area contributed by atoms with Crippen molar-refractivity contribution in [2.24, 2.45) is 11.8 Å². The van der Waals surface area contributed by atoms with Crippen molar-refractivity contribution < 1.29 is 9.53 Å². The first-order valence-electron chi connectivity index (χ1n) is 15.8. The van der Waals surface area contributed by atoms with E-state index in [0.717, 1.165) is 41.2 Å². The van der Waals surface area contributed by atoms with Crippen LogP contribution in [0.5, 0.6) is 5.75 Å². The van der Waals surface area contributed by atoms with Crippen LogP contribution in [0.3, 0.4) is 0 Å². The molecule has 2 bridgehead atoms. The molecule has 0 spiro atoms. The van der Waals surface area contributed by atoms with E-state index < -0.39 is 6.04 Å². The molecule has 1 amide bonds. The second kappa shape index (κ2) is 17.2. The van der Waals surface area contributed by atoms with Gasteiger partial charge in [-0.25, -0.2) is 0 Å². The van der Waals surface area contributed by atoms with E-state index >= 15 is 0 Å². The fraction of sp³-hybridized carbons (Fsp3) is 0.432. The van der Waals surface area contributed by atoms with Gasteiger partial charge in [0.1, 0.15) is 11.8 Å². The third kappa shape index (κ3) is 10.9. The van der Waals surface area contributed by atoms with Crippen LogP contribution < -0.4 is 31.3 Å². The first kappa shape index (κ1) is 34.4. The molecule has 4 atom stereocenters. The van der Waals surface area contributed by atoms with Gasteiger partial charge in [0.15, 0.2) is 0 Å². The number of amides is 1. The summed E-state index contributed by atoms with van der Waals surface area (Å²) in [6.07, 6.45) is 4.59. The number of nitrogens with one attached hydrogen (secondary N) is 5. The monoisotopic (exact) mass is 599 g/mol. The van der Waals surface area contributed by atoms with Gasteiger partial charge in [-0.1, -0.05) is 96.5 Å². The van der Waals surface area contributed by atoms with Crippen LogP contribution in [0.15, 0.2) is 104 Å². The topological polar surface area (TPSA) is 86.4 Å². The molecule has 0 saturated heterocycles. The maximum absolute atomic E-state index is 13.1. The summed E-state index contributed by atoms with van der Waals surface area (Å²) in [5.41, 5.74) is 4.91. The van der Waals surface area contributed by atoms with Gasteiger partial charge in [0, 0.05) is 36.1 Å². The third-order valence-electron chi connectivity index (χ3n) is 7.89. The molecule has 0 radical (unpaired) electrons. The number of hydrogen-bond donors (Lipinski definition) is 5. The predicted molar refractivity (Wildman–Crippen MR) is 183 cm³/mol. The molecule has 2 aromatic rings. The molecule has 0 saturated carbocycles. The standard InChI is InChI=1S/C37H53N5O2/c1-9-38-35(25(2)3)29(8)41-32(23-30-14-11-10-12-15-30)22-27(6)40-34-24-31-16-18-33(19-17-31)44-21-13-20-39-37(43)36(26(4)5)42-28(34)7/h9-12,14-19,25-26,32,34-36,38,40-42H,1,6-8,13,20-24H2,2-5H3,(H,39,43)/t32?,34?,35?,36-/m0/s1. The highest BCUT2D eigenvalue weighted by atomic mass is 16.5. The van der Waals surface area contributed by atoms with Crippen LogP contribution >= 0.6 is 0 Å². The molecular weight excluding hydrogens is 546 g/mol. The molecule has 0 aliphatic carbocycles. The van der Waals surface area contributed by atoms with Crippen molar-refractivity contribution in [3.05, 3.63) is 115 Å². The van der Waals surface area contributed by atoms with Crippen molar-refractivity contribution in [3.63, 3.8) is 0 Å². The number of hydrogen-bond acceptors (Lipinski definition) is 6. The smallest absolute Gasteiger partial charge is 0.242 e. The van der Waals surface area contributed by atoms with Crippen LogP contribution in [0, 0.1) is 11.8 Å². The molecular formula is C37H53N5O2. The fourth-order valence-electron chi connectivity index (χ4n) is 5.49. The lowest BCUT2D eigenvalue weighted by atomic mass is 9.97. The van der Waals surface area contributed by atoms with Crippen LogP contribution in [0.1, 0.15) is 51.7 Å². The van der Waals surface area contributed by atoms with Crippen molar-refractivity contribution in [1.82, 2.24) is 26.6 Å². The number of benzene rings is 2. The Morgan fingerprint density at radius 2 is 1.77 bits per heavy atom. The molecule has 0 fully saturated rings. The van der Waals surface area contributed by atoms with Gasteiger partial charge in [-0.15, -0.1) is 0 Å². The normalized spacial score (nSPS) is 19.0. The van der Waals surface area contributed by atoms with Crippen LogP contribution in [-0.2, 0) is 17.6 Å². The first-order valence-corrected chi connectivity index (χ1v) is 15.8. The second-order valence-corrected chi connectivity index (χ2v) is 12.4. The molecule has 2 aliphatic heterocycles. The average molecular weight is 600 g/mol. The van der Waals surface area contributed by atoms with Gasteiger partial charge in [0.2, 0.25) is 5.91 Å². The number of carbonyl (C=O) groups excluding carboxylic acids is 1. The van der Waals surface area contributed by atoms with E-state index in [-0.39, 0.29) is 30.0 Å². The summed E-state index contributed by atoms with van der Waals surface area (Å²) in [5, 5.41) is 17.2. The predicted octanol–water partition coefficient (Wildman–Crippen LogP) is 5.59. The Kier molecular flexibility index (Phi) is 13.5. The van der Waals surface area contributed by atoms with Gasteiger partial charge in [0.05, 0.1) is 18.7 Å². The second-order valence-electron chi connectivity index (χ2n) is 12.4. The SMILES string of the molecule is C=CNC(C(=C)NC(CC(=C)NC1Cc2ccc(cc2)OCCCNC(=O)[C@H](C(C)C)NC1=C)Cc1ccccc1)C(C)C. The summed E-state index contributed by atoms with van der Waals surface area (Å²) in [7, 11) is 0. The first-order chi connectivity index (χ1) is 21.1. The molecule has 2 heterocycles. The van der Waals surface area contributed by atoms with Crippen molar-refractivity contribution >= 4 is 5.91 Å². The van der Waals surface area contributed by atoms with E-state index in [4.69, 9.17) is 4.74 Å². The minimum atomic E-state index is -0.408. The zero-order valence-electron chi connectivity index (χ0n) is 27.1. The minimum absolute atomic E-state index is 0.0356. The summed E-state index contributed by atoms with van der Waals surface area (Å²) in [6.45, 7) is 26.6. The zero-order valence-corrected chi connectivity index (χ0v) is 27.1. The molecule has 238 valence electrons. The summed E-state index contributed by atoms with van der Waals surface area (Å²) >= 11 is 0. The number of fused-ring (bicyclic) bond motifs is 12. The lowest BCUT2D eigenvalue weighted by Crippen LogP contribution is -2.50. The van der Waals surface area contributed by atoms with Crippen LogP contribution in [-0.4, -0.2) is 43.2 Å². The van der Waals surface area contributed by atoms with E-state index in [1.807, 2.05) is 32.0 Å². The van der Waals surface area contributed by atoms with Crippen LogP contribution in [0.25, 0.3) is 0 Å². The molecule has 5 N–H and O–H groups in total. The molecule has 7 heteroatoms. The maximum atomic E-state index is 13.1. The van der Waals surface area contributed by atoms with Gasteiger partial charge in [-0.05, 0) is 60.6 Å². The fourth-order valence-corrected chi connectivity index (χ4v) is 5.49. The summed E-state index contributed by atoms with van der Waals surface area (Å²) < 4.78 is 5.89. The maximum Gasteiger partial charge on any atom is 0.242 e. The Labute approximate surface area is 265 Å². The van der Waals surface area contributed by atoms with Gasteiger partial charge in [0.25, 0.3) is 0 Å². The molecule has 44 heavy (non-hydrogen) atoms. The highest BCUT2D eigenvalue weighted by Gasteiger charge is 2.26. The van der Waals surface area contributed by atoms with Gasteiger partial charge >= 0.3 is 0 Å². The Hall–Kier alpha value is -4.13. The zero-order chi connectivity index (χ0) is 32.1. The quantitative estimate of drug-likeness (QED) is 0.206. The molecule has 0 aromatic heterocycles. The van der Waals surface area contributed by atoms with Crippen LogP contribution in [0.4, 0.5) is 0 Å². The summed E-state index contributed by atoms with van der Waals surface area (Å²) in [6, 6.07) is 18.1. The number of ether oxygens (including phenoxy) is 1. The largest absolute Gasteiger partial charge is 0.494 e. The summed E-state index contributed by atoms with van der Waals surface area (Å²) in [5.74, 6) is 1.19. The average Bonchev–Trinajstić information content (AvgIpc) is 2.98. The lowest BCUT2D eigenvalue weighted by molar-refractivity contribution is -0.124. The van der Waals surface area contributed by atoms with E-state index in [1.165, 1.54) is 5.56 Å². The highest BCUT2D eigenvalue weighted by Crippen LogP contribution is 2.19. The van der Waals surface area contributed by atoms with Gasteiger partial charge in [-0.2, -0.15) is 0 Å². The molecule has 3 unspecified atom stereocenters. The van der Waals surface area contributed by atoms with Gasteiger partial charge in [-0.3, -0.25) is 4.79 Å². The molecule has 4 rings (SSSR count). The minimum Gasteiger partial charge on any atom is -0.494 e. The molecule has 7 nitrogen and oxygen atoms in total. The number of carbonyl (C=O) groups is 1. The molecule has 2 aliphatic rings. The Balaban J connectivity index is 1.83. The van der Waals surface area contributed by atoms with Crippen LogP contribution in [0.2, 0.25) is 0 Å². The molecule has 2 aromatic carbocycles. The Morgan fingerprint density at radius 3 is 2.41 bits per heavy atom. The van der Waals surface area contributed by atoms with E-state index in [9.17, 15) is 4.79 Å². The van der Waals surface area contributed by atoms with E-state index in [2.05, 4.69) is 103 Å². The third-order valence-corrected chi connectivity index (χ3v) is 7.89. The lowest BCUT2D eigenvalue weighted by Gasteiger charge is -2.32. The Morgan fingerprint density at radius 1 is 1.07 bits per heavy atom.